The van der Waals surface area contributed by atoms with Gasteiger partial charge in [-0.3, -0.25) is 4.68 Å². The lowest BCUT2D eigenvalue weighted by atomic mass is 9.84. The smallest absolute Gasteiger partial charge is 0.315 e. The molecule has 1 unspecified atom stereocenters. The van der Waals surface area contributed by atoms with Crippen LogP contribution in [0.1, 0.15) is 41.7 Å². The molecule has 0 aliphatic heterocycles. The molecule has 0 aromatic carbocycles. The molecule has 0 bridgehead atoms. The summed E-state index contributed by atoms with van der Waals surface area (Å²) in [6.45, 7) is 8.20. The molecule has 132 valence electrons. The maximum atomic E-state index is 12.4. The van der Waals surface area contributed by atoms with Gasteiger partial charge in [-0.25, -0.2) is 4.79 Å². The Hall–Kier alpha value is -1.86. The van der Waals surface area contributed by atoms with E-state index < -0.39 is 5.41 Å². The van der Waals surface area contributed by atoms with Gasteiger partial charge in [-0.15, -0.1) is 11.3 Å². The fraction of sp³-hybridized carbons (Fsp3) is 0.529. The van der Waals surface area contributed by atoms with Crippen molar-refractivity contribution < 1.29 is 9.90 Å². The minimum absolute atomic E-state index is 0.0172. The number of aryl methyl sites for hydroxylation is 2. The van der Waals surface area contributed by atoms with Gasteiger partial charge in [-0.2, -0.15) is 5.10 Å². The zero-order valence-corrected chi connectivity index (χ0v) is 15.7. The van der Waals surface area contributed by atoms with Crippen LogP contribution < -0.4 is 10.6 Å². The van der Waals surface area contributed by atoms with Crippen molar-refractivity contribution in [3.05, 3.63) is 39.3 Å². The summed E-state index contributed by atoms with van der Waals surface area (Å²) in [6, 6.07) is 3.42. The lowest BCUT2D eigenvalue weighted by molar-refractivity contribution is 0.119. The van der Waals surface area contributed by atoms with Gasteiger partial charge in [0.2, 0.25) is 0 Å². The topological polar surface area (TPSA) is 79.2 Å². The third-order valence-corrected chi connectivity index (χ3v) is 5.31. The Morgan fingerprint density at radius 1 is 1.46 bits per heavy atom. The van der Waals surface area contributed by atoms with E-state index in [9.17, 15) is 9.90 Å². The fourth-order valence-electron chi connectivity index (χ4n) is 2.62. The van der Waals surface area contributed by atoms with Crippen molar-refractivity contribution in [1.82, 2.24) is 20.4 Å². The molecule has 6 nitrogen and oxygen atoms in total. The van der Waals surface area contributed by atoms with Crippen LogP contribution in [-0.2, 0) is 13.6 Å². The number of nitrogens with one attached hydrogen (secondary N) is 2. The Kier molecular flexibility index (Phi) is 5.66. The van der Waals surface area contributed by atoms with E-state index in [1.54, 1.807) is 11.3 Å². The average Bonchev–Trinajstić information content (AvgIpc) is 3.13. The first-order valence-electron chi connectivity index (χ1n) is 7.94. The van der Waals surface area contributed by atoms with Gasteiger partial charge < -0.3 is 15.7 Å². The largest absolute Gasteiger partial charge is 0.396 e. The summed E-state index contributed by atoms with van der Waals surface area (Å²) in [7, 11) is 1.89. The van der Waals surface area contributed by atoms with Gasteiger partial charge in [0.15, 0.2) is 0 Å². The van der Waals surface area contributed by atoms with Crippen molar-refractivity contribution in [1.29, 1.82) is 0 Å². The van der Waals surface area contributed by atoms with Gasteiger partial charge in [0, 0.05) is 35.1 Å². The van der Waals surface area contributed by atoms with Gasteiger partial charge in [0.05, 0.1) is 18.3 Å². The highest BCUT2D eigenvalue weighted by Crippen LogP contribution is 2.35. The average molecular weight is 350 g/mol. The summed E-state index contributed by atoms with van der Waals surface area (Å²) >= 11 is 1.57. The molecule has 0 radical (unpaired) electrons. The molecule has 0 aliphatic carbocycles. The zero-order valence-electron chi connectivity index (χ0n) is 14.9. The van der Waals surface area contributed by atoms with Crippen LogP contribution in [0.5, 0.6) is 0 Å². The fourth-order valence-corrected chi connectivity index (χ4v) is 3.61. The number of amides is 2. The van der Waals surface area contributed by atoms with Crippen LogP contribution in [0.2, 0.25) is 0 Å². The first-order valence-corrected chi connectivity index (χ1v) is 8.82. The third kappa shape index (κ3) is 3.96. The quantitative estimate of drug-likeness (QED) is 0.749. The van der Waals surface area contributed by atoms with Crippen molar-refractivity contribution in [2.75, 3.05) is 6.61 Å². The number of rotatable bonds is 6. The third-order valence-electron chi connectivity index (χ3n) is 4.38. The van der Waals surface area contributed by atoms with E-state index in [0.717, 1.165) is 21.8 Å². The van der Waals surface area contributed by atoms with Crippen molar-refractivity contribution in [2.45, 2.75) is 40.3 Å². The van der Waals surface area contributed by atoms with E-state index in [1.165, 1.54) is 0 Å². The molecule has 0 aliphatic rings. The highest BCUT2D eigenvalue weighted by molar-refractivity contribution is 7.10. The molecule has 2 amide bonds. The molecular formula is C17H26N4O2S. The molecule has 0 fully saturated rings. The van der Waals surface area contributed by atoms with E-state index in [0.29, 0.717) is 6.54 Å². The summed E-state index contributed by atoms with van der Waals surface area (Å²) in [5, 5.41) is 21.9. The summed E-state index contributed by atoms with van der Waals surface area (Å²) < 4.78 is 1.81. The van der Waals surface area contributed by atoms with Crippen molar-refractivity contribution >= 4 is 17.4 Å². The van der Waals surface area contributed by atoms with Crippen LogP contribution in [0.25, 0.3) is 0 Å². The Bertz CT molecular complexity index is 692. The van der Waals surface area contributed by atoms with E-state index >= 15 is 0 Å². The predicted molar refractivity (Wildman–Crippen MR) is 96.0 cm³/mol. The molecule has 1 atom stereocenters. The zero-order chi connectivity index (χ0) is 17.9. The van der Waals surface area contributed by atoms with Crippen LogP contribution in [0.15, 0.2) is 17.5 Å². The molecule has 2 aromatic rings. The predicted octanol–water partition coefficient (Wildman–Crippen LogP) is 2.66. The second-order valence-corrected chi connectivity index (χ2v) is 7.67. The summed E-state index contributed by atoms with van der Waals surface area (Å²) in [6.07, 6.45) is 0. The lowest BCUT2D eigenvalue weighted by Gasteiger charge is -2.32. The van der Waals surface area contributed by atoms with Crippen molar-refractivity contribution in [2.24, 2.45) is 12.5 Å². The number of urea groups is 1. The van der Waals surface area contributed by atoms with Crippen LogP contribution in [-0.4, -0.2) is 27.5 Å². The number of carbonyl (C=O) groups excluding carboxylic acids is 1. The standard InChI is InChI=1S/C17H26N4O2S/c1-11-13(12(2)21(5)20-11)9-18-16(23)19-15(17(3,4)10-22)14-7-6-8-24-14/h6-8,15,22H,9-10H2,1-5H3,(H2,18,19,23). The number of carbonyl (C=O) groups is 1. The Morgan fingerprint density at radius 3 is 2.67 bits per heavy atom. The summed E-state index contributed by atoms with van der Waals surface area (Å²) in [4.78, 5) is 13.4. The number of hydrogen-bond donors (Lipinski definition) is 3. The van der Waals surface area contributed by atoms with Crippen LogP contribution in [0.3, 0.4) is 0 Å². The van der Waals surface area contributed by atoms with Crippen molar-refractivity contribution in [3.8, 4) is 0 Å². The number of aliphatic hydroxyl groups is 1. The van der Waals surface area contributed by atoms with Gasteiger partial charge in [0.25, 0.3) is 0 Å². The first-order chi connectivity index (χ1) is 11.3. The lowest BCUT2D eigenvalue weighted by Crippen LogP contribution is -2.44. The van der Waals surface area contributed by atoms with Gasteiger partial charge in [0.1, 0.15) is 0 Å². The number of aliphatic hydroxyl groups excluding tert-OH is 1. The molecule has 24 heavy (non-hydrogen) atoms. The molecular weight excluding hydrogens is 324 g/mol. The van der Waals surface area contributed by atoms with E-state index in [1.807, 2.05) is 56.9 Å². The number of hydrogen-bond acceptors (Lipinski definition) is 4. The maximum absolute atomic E-state index is 12.4. The van der Waals surface area contributed by atoms with E-state index in [2.05, 4.69) is 15.7 Å². The van der Waals surface area contributed by atoms with Crippen LogP contribution in [0, 0.1) is 19.3 Å². The monoisotopic (exact) mass is 350 g/mol. The first kappa shape index (κ1) is 18.5. The number of nitrogens with zero attached hydrogens (tertiary/aromatic N) is 2. The molecule has 2 aromatic heterocycles. The Balaban J connectivity index is 2.06. The minimum Gasteiger partial charge on any atom is -0.396 e. The second-order valence-electron chi connectivity index (χ2n) is 6.70. The van der Waals surface area contributed by atoms with Gasteiger partial charge >= 0.3 is 6.03 Å². The van der Waals surface area contributed by atoms with Gasteiger partial charge in [-0.1, -0.05) is 19.9 Å². The molecule has 0 saturated heterocycles. The van der Waals surface area contributed by atoms with E-state index in [4.69, 9.17) is 0 Å². The summed E-state index contributed by atoms with van der Waals surface area (Å²) in [5.41, 5.74) is 2.53. The molecule has 0 spiro atoms. The molecule has 2 heterocycles. The van der Waals surface area contributed by atoms with Gasteiger partial charge in [-0.05, 0) is 25.3 Å². The SMILES string of the molecule is Cc1nn(C)c(C)c1CNC(=O)NC(c1cccs1)C(C)(C)CO. The molecule has 3 N–H and O–H groups in total. The van der Waals surface area contributed by atoms with Crippen molar-refractivity contribution in [3.63, 3.8) is 0 Å². The van der Waals surface area contributed by atoms with E-state index in [-0.39, 0.29) is 18.7 Å². The maximum Gasteiger partial charge on any atom is 0.315 e. The number of aromatic nitrogens is 2. The minimum atomic E-state index is -0.456. The van der Waals surface area contributed by atoms with Crippen LogP contribution in [0.4, 0.5) is 4.79 Å². The molecule has 2 rings (SSSR count). The Morgan fingerprint density at radius 2 is 2.17 bits per heavy atom. The normalized spacial score (nSPS) is 12.9. The highest BCUT2D eigenvalue weighted by Gasteiger charge is 2.32. The van der Waals surface area contributed by atoms with Crippen LogP contribution >= 0.6 is 11.3 Å². The molecule has 0 saturated carbocycles. The second kappa shape index (κ2) is 7.36. The highest BCUT2D eigenvalue weighted by atomic mass is 32.1. The Labute approximate surface area is 146 Å². The summed E-state index contributed by atoms with van der Waals surface area (Å²) in [5.74, 6) is 0. The number of thiophene rings is 1. The molecule has 7 heteroatoms.